The maximum absolute atomic E-state index is 5.66. The van der Waals surface area contributed by atoms with Crippen LogP contribution < -0.4 is 5.32 Å². The van der Waals surface area contributed by atoms with E-state index >= 15 is 0 Å². The molecule has 8 heteroatoms. The van der Waals surface area contributed by atoms with Crippen molar-refractivity contribution >= 4 is 41.3 Å². The highest BCUT2D eigenvalue weighted by Crippen LogP contribution is 2.10. The predicted molar refractivity (Wildman–Crippen MR) is 100 cm³/mol. The average molecular weight is 440 g/mol. The minimum atomic E-state index is 0. The average Bonchev–Trinajstić information content (AvgIpc) is 2.97. The fraction of sp³-hybridized carbons (Fsp3) is 0.714. The molecule has 1 aliphatic rings. The minimum Gasteiger partial charge on any atom is -0.382 e. The zero-order valence-corrected chi connectivity index (χ0v) is 16.5. The van der Waals surface area contributed by atoms with E-state index < -0.39 is 0 Å². The molecule has 0 radical (unpaired) electrons. The van der Waals surface area contributed by atoms with Crippen molar-refractivity contribution < 1.29 is 9.47 Å². The Bertz CT molecular complexity index is 467. The molecule has 2 heterocycles. The van der Waals surface area contributed by atoms with Gasteiger partial charge in [0.2, 0.25) is 0 Å². The molecule has 1 atom stereocenters. The van der Waals surface area contributed by atoms with Crippen molar-refractivity contribution in [3.05, 3.63) is 16.1 Å². The van der Waals surface area contributed by atoms with Crippen LogP contribution in [0.15, 0.2) is 10.4 Å². The van der Waals surface area contributed by atoms with Crippen molar-refractivity contribution in [2.24, 2.45) is 4.99 Å². The molecule has 0 bridgehead atoms. The first kappa shape index (κ1) is 19.6. The van der Waals surface area contributed by atoms with E-state index in [0.29, 0.717) is 19.8 Å². The number of halogens is 1. The first-order valence-electron chi connectivity index (χ1n) is 7.26. The molecular weight excluding hydrogens is 415 g/mol. The topological polar surface area (TPSA) is 59.0 Å². The third-order valence-corrected chi connectivity index (χ3v) is 4.37. The maximum atomic E-state index is 5.66. The third-order valence-electron chi connectivity index (χ3n) is 3.33. The minimum absolute atomic E-state index is 0. The molecule has 1 unspecified atom stereocenters. The number of hydrogen-bond acceptors (Lipinski definition) is 5. The highest BCUT2D eigenvalue weighted by molar-refractivity contribution is 14.0. The highest BCUT2D eigenvalue weighted by atomic mass is 127. The van der Waals surface area contributed by atoms with E-state index in [0.717, 1.165) is 31.2 Å². The van der Waals surface area contributed by atoms with Gasteiger partial charge in [-0.1, -0.05) is 6.92 Å². The van der Waals surface area contributed by atoms with Crippen molar-refractivity contribution in [2.75, 3.05) is 40.5 Å². The quantitative estimate of drug-likeness (QED) is 0.430. The summed E-state index contributed by atoms with van der Waals surface area (Å²) < 4.78 is 10.8. The van der Waals surface area contributed by atoms with Crippen LogP contribution in [0.4, 0.5) is 0 Å². The number of nitrogens with zero attached hydrogens (tertiary/aromatic N) is 3. The summed E-state index contributed by atoms with van der Waals surface area (Å²) in [5.74, 6) is 0.894. The van der Waals surface area contributed by atoms with Crippen molar-refractivity contribution in [1.29, 1.82) is 0 Å². The van der Waals surface area contributed by atoms with Gasteiger partial charge in [0.05, 0.1) is 36.6 Å². The molecule has 0 saturated carbocycles. The molecule has 6 nitrogen and oxygen atoms in total. The Morgan fingerprint density at radius 1 is 1.64 bits per heavy atom. The highest BCUT2D eigenvalue weighted by Gasteiger charge is 2.22. The lowest BCUT2D eigenvalue weighted by Crippen LogP contribution is -2.51. The van der Waals surface area contributed by atoms with Gasteiger partial charge in [0, 0.05) is 32.6 Å². The van der Waals surface area contributed by atoms with Gasteiger partial charge in [0.15, 0.2) is 5.96 Å². The van der Waals surface area contributed by atoms with Crippen LogP contribution in [0.1, 0.15) is 17.6 Å². The lowest BCUT2D eigenvalue weighted by Gasteiger charge is -2.34. The Kier molecular flexibility index (Phi) is 9.22. The number of methoxy groups -OCH3 is 1. The fourth-order valence-electron chi connectivity index (χ4n) is 2.29. The van der Waals surface area contributed by atoms with Gasteiger partial charge in [-0.05, 0) is 6.42 Å². The van der Waals surface area contributed by atoms with Crippen LogP contribution in [-0.2, 0) is 22.4 Å². The molecule has 0 aromatic carbocycles. The number of rotatable bonds is 5. The Morgan fingerprint density at radius 2 is 2.45 bits per heavy atom. The summed E-state index contributed by atoms with van der Waals surface area (Å²) in [6, 6.07) is 0. The first-order chi connectivity index (χ1) is 10.3. The second-order valence-corrected chi connectivity index (χ2v) is 5.82. The number of guanidine groups is 1. The Labute approximate surface area is 153 Å². The fourth-order valence-corrected chi connectivity index (χ4v) is 3.04. The van der Waals surface area contributed by atoms with Gasteiger partial charge >= 0.3 is 0 Å². The van der Waals surface area contributed by atoms with E-state index in [-0.39, 0.29) is 30.1 Å². The zero-order chi connectivity index (χ0) is 15.1. The van der Waals surface area contributed by atoms with Gasteiger partial charge in [-0.25, -0.2) is 4.98 Å². The molecule has 0 aliphatic carbocycles. The summed E-state index contributed by atoms with van der Waals surface area (Å²) in [6.45, 7) is 5.78. The summed E-state index contributed by atoms with van der Waals surface area (Å²) >= 11 is 1.71. The lowest BCUT2D eigenvalue weighted by molar-refractivity contribution is -0.0447. The molecule has 1 fully saturated rings. The number of morpholine rings is 1. The van der Waals surface area contributed by atoms with E-state index in [1.54, 1.807) is 18.4 Å². The van der Waals surface area contributed by atoms with Crippen LogP contribution in [0.3, 0.4) is 0 Å². The van der Waals surface area contributed by atoms with E-state index in [4.69, 9.17) is 9.47 Å². The number of hydrogen-bond donors (Lipinski definition) is 1. The zero-order valence-electron chi connectivity index (χ0n) is 13.4. The molecule has 0 spiro atoms. The van der Waals surface area contributed by atoms with Crippen LogP contribution in [0.5, 0.6) is 0 Å². The van der Waals surface area contributed by atoms with Crippen LogP contribution in [0, 0.1) is 0 Å². The molecule has 22 heavy (non-hydrogen) atoms. The number of nitrogens with one attached hydrogen (secondary N) is 1. The van der Waals surface area contributed by atoms with Crippen LogP contribution in [0.25, 0.3) is 0 Å². The summed E-state index contributed by atoms with van der Waals surface area (Å²) in [5.41, 5.74) is 1.07. The smallest absolute Gasteiger partial charge is 0.194 e. The number of ether oxygens (including phenoxy) is 2. The predicted octanol–water partition coefficient (Wildman–Crippen LogP) is 1.75. The van der Waals surface area contributed by atoms with Crippen molar-refractivity contribution in [2.45, 2.75) is 26.0 Å². The Hall–Kier alpha value is -0.450. The molecule has 126 valence electrons. The number of aryl methyl sites for hydroxylation is 1. The second-order valence-electron chi connectivity index (χ2n) is 4.88. The first-order valence-corrected chi connectivity index (χ1v) is 8.14. The van der Waals surface area contributed by atoms with Crippen LogP contribution in [0.2, 0.25) is 0 Å². The largest absolute Gasteiger partial charge is 0.382 e. The van der Waals surface area contributed by atoms with E-state index in [1.807, 2.05) is 7.05 Å². The van der Waals surface area contributed by atoms with Crippen molar-refractivity contribution in [3.63, 3.8) is 0 Å². The second kappa shape index (κ2) is 10.3. The third kappa shape index (κ3) is 5.64. The normalized spacial score (nSPS) is 19.0. The maximum Gasteiger partial charge on any atom is 0.194 e. The lowest BCUT2D eigenvalue weighted by atomic mass is 10.3. The van der Waals surface area contributed by atoms with E-state index in [1.165, 1.54) is 5.01 Å². The van der Waals surface area contributed by atoms with Gasteiger partial charge in [0.25, 0.3) is 0 Å². The standard InChI is InChI=1S/C14H24N4O2S.HI/c1-4-13-17-11(10-21-13)7-16-14(15-2)18-5-6-20-12(8-18)9-19-3;/h10,12H,4-9H2,1-3H3,(H,15,16);1H. The Morgan fingerprint density at radius 3 is 3.09 bits per heavy atom. The van der Waals surface area contributed by atoms with Crippen molar-refractivity contribution in [3.8, 4) is 0 Å². The number of thiazole rings is 1. The van der Waals surface area contributed by atoms with Gasteiger partial charge in [-0.15, -0.1) is 35.3 Å². The molecular formula is C14H25IN4O2S. The van der Waals surface area contributed by atoms with Crippen molar-refractivity contribution in [1.82, 2.24) is 15.2 Å². The monoisotopic (exact) mass is 440 g/mol. The number of aromatic nitrogens is 1. The number of aliphatic imine (C=N–C) groups is 1. The van der Waals surface area contributed by atoms with Gasteiger partial charge in [-0.3, -0.25) is 4.99 Å². The summed E-state index contributed by atoms with van der Waals surface area (Å²) in [7, 11) is 3.50. The summed E-state index contributed by atoms with van der Waals surface area (Å²) in [5, 5.41) is 6.66. The van der Waals surface area contributed by atoms with Gasteiger partial charge in [-0.2, -0.15) is 0 Å². The molecule has 2 rings (SSSR count). The van der Waals surface area contributed by atoms with Crippen LogP contribution >= 0.6 is 35.3 Å². The Balaban J connectivity index is 0.00000242. The molecule has 1 aliphatic heterocycles. The summed E-state index contributed by atoms with van der Waals surface area (Å²) in [4.78, 5) is 11.1. The molecule has 1 aromatic rings. The summed E-state index contributed by atoms with van der Waals surface area (Å²) in [6.07, 6.45) is 1.09. The molecule has 1 aromatic heterocycles. The van der Waals surface area contributed by atoms with Crippen LogP contribution in [-0.4, -0.2) is 62.4 Å². The molecule has 0 amide bonds. The molecule has 1 N–H and O–H groups in total. The van der Waals surface area contributed by atoms with E-state index in [2.05, 4.69) is 32.5 Å². The van der Waals surface area contributed by atoms with Gasteiger partial charge in [0.1, 0.15) is 0 Å². The SMILES string of the molecule is CCc1nc(CNC(=NC)N2CCOC(COC)C2)cs1.I. The van der Waals surface area contributed by atoms with E-state index in [9.17, 15) is 0 Å². The molecule has 1 saturated heterocycles. The van der Waals surface area contributed by atoms with Gasteiger partial charge < -0.3 is 19.7 Å².